The zero-order chi connectivity index (χ0) is 21.9. The Morgan fingerprint density at radius 1 is 1.07 bits per heavy atom. The Balaban J connectivity index is 1.75. The van der Waals surface area contributed by atoms with Crippen molar-refractivity contribution in [2.24, 2.45) is 0 Å². The minimum atomic E-state index is -4.67. The van der Waals surface area contributed by atoms with Crippen LogP contribution in [0.5, 0.6) is 0 Å². The fourth-order valence-electron chi connectivity index (χ4n) is 2.60. The number of hydrogen-bond donors (Lipinski definition) is 2. The number of pyridine rings is 1. The Labute approximate surface area is 172 Å². The number of alkyl halides is 3. The highest BCUT2D eigenvalue weighted by molar-refractivity contribution is 6.31. The summed E-state index contributed by atoms with van der Waals surface area (Å²) in [5.74, 6) is -1.01. The summed E-state index contributed by atoms with van der Waals surface area (Å²) in [7, 11) is 0. The number of nitrogens with one attached hydrogen (secondary N) is 2. The molecule has 3 rings (SSSR count). The van der Waals surface area contributed by atoms with Gasteiger partial charge in [-0.3, -0.25) is 0 Å². The average molecular weight is 435 g/mol. The molecule has 0 spiro atoms. The second kappa shape index (κ2) is 8.39. The SMILES string of the molecule is N#Cc1c(-c2ccc(NC(=O)Nc3cc(C(F)(F)F)ccc3F)cc2)ccnc1Cl. The van der Waals surface area contributed by atoms with Crippen LogP contribution >= 0.6 is 11.6 Å². The summed E-state index contributed by atoms with van der Waals surface area (Å²) in [6, 6.07) is 10.6. The second-order valence-electron chi connectivity index (χ2n) is 5.98. The number of hydrogen-bond acceptors (Lipinski definition) is 3. The molecule has 0 aliphatic heterocycles. The number of benzene rings is 2. The highest BCUT2D eigenvalue weighted by Crippen LogP contribution is 2.32. The third-order valence-electron chi connectivity index (χ3n) is 4.01. The first-order chi connectivity index (χ1) is 14.2. The van der Waals surface area contributed by atoms with E-state index in [4.69, 9.17) is 11.6 Å². The second-order valence-corrected chi connectivity index (χ2v) is 6.34. The van der Waals surface area contributed by atoms with Gasteiger partial charge in [0.25, 0.3) is 0 Å². The van der Waals surface area contributed by atoms with Crippen molar-refractivity contribution in [2.75, 3.05) is 10.6 Å². The normalized spacial score (nSPS) is 10.9. The molecule has 1 heterocycles. The lowest BCUT2D eigenvalue weighted by Crippen LogP contribution is -2.20. The summed E-state index contributed by atoms with van der Waals surface area (Å²) in [5, 5.41) is 13.7. The van der Waals surface area contributed by atoms with E-state index in [1.807, 2.05) is 11.4 Å². The molecule has 0 unspecified atom stereocenters. The van der Waals surface area contributed by atoms with Crippen molar-refractivity contribution in [2.45, 2.75) is 6.18 Å². The highest BCUT2D eigenvalue weighted by Gasteiger charge is 2.31. The zero-order valence-electron chi connectivity index (χ0n) is 14.9. The third-order valence-corrected chi connectivity index (χ3v) is 4.30. The summed E-state index contributed by atoms with van der Waals surface area (Å²) in [6.07, 6.45) is -3.23. The van der Waals surface area contributed by atoms with E-state index in [-0.39, 0.29) is 10.7 Å². The number of anilines is 2. The molecule has 2 aromatic carbocycles. The Bertz CT molecular complexity index is 1140. The van der Waals surface area contributed by atoms with Crippen LogP contribution in [0.3, 0.4) is 0 Å². The van der Waals surface area contributed by atoms with Gasteiger partial charge in [-0.2, -0.15) is 18.4 Å². The first kappa shape index (κ1) is 21.1. The number of aromatic nitrogens is 1. The Hall–Kier alpha value is -3.64. The monoisotopic (exact) mass is 434 g/mol. The van der Waals surface area contributed by atoms with Gasteiger partial charge in [0.1, 0.15) is 17.0 Å². The molecule has 5 nitrogen and oxygen atoms in total. The molecule has 0 fully saturated rings. The number of rotatable bonds is 3. The lowest BCUT2D eigenvalue weighted by Gasteiger charge is -2.12. The minimum Gasteiger partial charge on any atom is -0.308 e. The van der Waals surface area contributed by atoms with Gasteiger partial charge in [-0.1, -0.05) is 23.7 Å². The summed E-state index contributed by atoms with van der Waals surface area (Å²) in [4.78, 5) is 15.9. The molecule has 0 bridgehead atoms. The maximum atomic E-state index is 13.7. The van der Waals surface area contributed by atoms with E-state index >= 15 is 0 Å². The molecule has 10 heteroatoms. The lowest BCUT2D eigenvalue weighted by atomic mass is 10.0. The predicted octanol–water partition coefficient (Wildman–Crippen LogP) is 6.08. The molecule has 152 valence electrons. The predicted molar refractivity (Wildman–Crippen MR) is 103 cm³/mol. The van der Waals surface area contributed by atoms with Crippen LogP contribution in [-0.4, -0.2) is 11.0 Å². The molecule has 0 aliphatic rings. The van der Waals surface area contributed by atoms with E-state index in [0.717, 1.165) is 0 Å². The van der Waals surface area contributed by atoms with E-state index in [1.165, 1.54) is 18.3 Å². The molecular formula is C20H11ClF4N4O. The van der Waals surface area contributed by atoms with E-state index in [2.05, 4.69) is 10.3 Å². The zero-order valence-corrected chi connectivity index (χ0v) is 15.6. The Morgan fingerprint density at radius 2 is 1.77 bits per heavy atom. The molecule has 3 aromatic rings. The van der Waals surface area contributed by atoms with Gasteiger partial charge >= 0.3 is 12.2 Å². The van der Waals surface area contributed by atoms with Crippen molar-refractivity contribution in [3.05, 3.63) is 76.8 Å². The lowest BCUT2D eigenvalue weighted by molar-refractivity contribution is -0.137. The van der Waals surface area contributed by atoms with Crippen LogP contribution in [0.1, 0.15) is 11.1 Å². The van der Waals surface area contributed by atoms with Crippen LogP contribution in [0, 0.1) is 17.1 Å². The molecule has 30 heavy (non-hydrogen) atoms. The van der Waals surface area contributed by atoms with Crippen molar-refractivity contribution in [3.63, 3.8) is 0 Å². The van der Waals surface area contributed by atoms with Crippen molar-refractivity contribution in [3.8, 4) is 17.2 Å². The molecular weight excluding hydrogens is 424 g/mol. The fraction of sp³-hybridized carbons (Fsp3) is 0.0500. The molecule has 0 saturated heterocycles. The molecule has 1 aromatic heterocycles. The molecule has 0 atom stereocenters. The van der Waals surface area contributed by atoms with E-state index in [9.17, 15) is 27.6 Å². The standard InChI is InChI=1S/C20H11ClF4N4O/c21-18-15(10-26)14(7-8-27-18)11-1-4-13(5-2-11)28-19(30)29-17-9-12(20(23,24)25)3-6-16(17)22/h1-9H,(H2,28,29,30). The number of halogens is 5. The molecule has 0 radical (unpaired) electrons. The molecule has 2 amide bonds. The van der Waals surface area contributed by atoms with Crippen LogP contribution in [0.4, 0.5) is 33.7 Å². The van der Waals surface area contributed by atoms with Crippen molar-refractivity contribution >= 4 is 29.0 Å². The van der Waals surface area contributed by atoms with Crippen LogP contribution in [0.15, 0.2) is 54.7 Å². The summed E-state index contributed by atoms with van der Waals surface area (Å²) >= 11 is 5.91. The van der Waals surface area contributed by atoms with Crippen LogP contribution < -0.4 is 10.6 Å². The summed E-state index contributed by atoms with van der Waals surface area (Å²) in [5.41, 5.74) is -0.0397. The summed E-state index contributed by atoms with van der Waals surface area (Å²) < 4.78 is 52.0. The topological polar surface area (TPSA) is 77.8 Å². The van der Waals surface area contributed by atoms with E-state index < -0.39 is 29.3 Å². The van der Waals surface area contributed by atoms with Crippen molar-refractivity contribution < 1.29 is 22.4 Å². The largest absolute Gasteiger partial charge is 0.416 e. The number of amides is 2. The molecule has 0 saturated carbocycles. The first-order valence-electron chi connectivity index (χ1n) is 8.29. The average Bonchev–Trinajstić information content (AvgIpc) is 2.69. The third kappa shape index (κ3) is 4.67. The number of nitrogens with zero attached hydrogens (tertiary/aromatic N) is 2. The smallest absolute Gasteiger partial charge is 0.308 e. The number of carbonyl (C=O) groups is 1. The van der Waals surface area contributed by atoms with Gasteiger partial charge in [-0.15, -0.1) is 0 Å². The van der Waals surface area contributed by atoms with Gasteiger partial charge in [-0.05, 0) is 42.0 Å². The van der Waals surface area contributed by atoms with Gasteiger partial charge in [0.2, 0.25) is 0 Å². The van der Waals surface area contributed by atoms with Crippen molar-refractivity contribution in [1.82, 2.24) is 4.98 Å². The molecule has 2 N–H and O–H groups in total. The van der Waals surface area contributed by atoms with Gasteiger partial charge in [0.15, 0.2) is 0 Å². The van der Waals surface area contributed by atoms with E-state index in [0.29, 0.717) is 35.0 Å². The summed E-state index contributed by atoms with van der Waals surface area (Å²) in [6.45, 7) is 0. The Kier molecular flexibility index (Phi) is 5.89. The van der Waals surface area contributed by atoms with Crippen molar-refractivity contribution in [1.29, 1.82) is 5.26 Å². The fourth-order valence-corrected chi connectivity index (χ4v) is 2.80. The quantitative estimate of drug-likeness (QED) is 0.387. The van der Waals surface area contributed by atoms with Gasteiger partial charge in [-0.25, -0.2) is 14.2 Å². The van der Waals surface area contributed by atoms with E-state index in [1.54, 1.807) is 18.2 Å². The van der Waals surface area contributed by atoms with Crippen LogP contribution in [0.2, 0.25) is 5.15 Å². The van der Waals surface area contributed by atoms with Crippen LogP contribution in [0.25, 0.3) is 11.1 Å². The first-order valence-corrected chi connectivity index (χ1v) is 8.66. The maximum absolute atomic E-state index is 13.7. The van der Waals surface area contributed by atoms with Gasteiger partial charge < -0.3 is 10.6 Å². The minimum absolute atomic E-state index is 0.0553. The number of urea groups is 1. The van der Waals surface area contributed by atoms with Crippen LogP contribution in [-0.2, 0) is 6.18 Å². The number of nitriles is 1. The van der Waals surface area contributed by atoms with Gasteiger partial charge in [0, 0.05) is 17.4 Å². The highest BCUT2D eigenvalue weighted by atomic mass is 35.5. The Morgan fingerprint density at radius 3 is 2.40 bits per heavy atom. The molecule has 0 aliphatic carbocycles. The number of carbonyl (C=O) groups excluding carboxylic acids is 1. The maximum Gasteiger partial charge on any atom is 0.416 e. The van der Waals surface area contributed by atoms with Gasteiger partial charge in [0.05, 0.1) is 16.8 Å².